The number of benzene rings is 11. The van der Waals surface area contributed by atoms with Crippen molar-refractivity contribution in [3.05, 3.63) is 279 Å². The van der Waals surface area contributed by atoms with E-state index < -0.39 is 26.5 Å². The van der Waals surface area contributed by atoms with E-state index in [1.165, 1.54) is 57.9 Å². The van der Waals surface area contributed by atoms with Gasteiger partial charge in [-0.2, -0.15) is 0 Å². The molecule has 0 amide bonds. The molecule has 0 fully saturated rings. The molecule has 0 atom stereocenters. The van der Waals surface area contributed by atoms with Gasteiger partial charge in [0, 0.05) is 0 Å². The molecule has 0 saturated heterocycles. The molecule has 358 valence electrons. The molecule has 8 heteroatoms. The van der Waals surface area contributed by atoms with Crippen molar-refractivity contribution in [3.63, 3.8) is 0 Å². The molecule has 15 rings (SSSR count). The average Bonchev–Trinajstić information content (AvgIpc) is 4.15. The van der Waals surface area contributed by atoms with Crippen molar-refractivity contribution in [1.82, 2.24) is 9.97 Å². The number of nitrogens with zero attached hydrogens (tertiary/aromatic N) is 4. The molecule has 4 heterocycles. The van der Waals surface area contributed by atoms with Crippen LogP contribution in [0.2, 0.25) is 0 Å². The Hall–Kier alpha value is -8.95. The first-order valence-corrected chi connectivity index (χ1v) is 34.2. The third-order valence-electron chi connectivity index (χ3n) is 15.7. The van der Waals surface area contributed by atoms with Gasteiger partial charge < -0.3 is 0 Å². The van der Waals surface area contributed by atoms with Crippen LogP contribution in [0.3, 0.4) is 0 Å². The Kier molecular flexibility index (Phi) is 10.5. The van der Waals surface area contributed by atoms with E-state index in [0.29, 0.717) is 22.9 Å². The second-order valence-electron chi connectivity index (χ2n) is 19.6. The summed E-state index contributed by atoms with van der Waals surface area (Å²) in [6, 6.07) is 102. The van der Waals surface area contributed by atoms with Gasteiger partial charge in [0.15, 0.2) is 0 Å². The van der Waals surface area contributed by atoms with E-state index in [-0.39, 0.29) is 0 Å². The maximum atomic E-state index is 6.50. The van der Waals surface area contributed by atoms with Gasteiger partial charge in [-0.05, 0) is 0 Å². The number of para-hydroxylation sites is 4. The molecule has 0 spiro atoms. The monoisotopic (exact) mass is 1100 g/mol. The van der Waals surface area contributed by atoms with Gasteiger partial charge in [-0.3, -0.25) is 0 Å². The Morgan fingerprint density at radius 1 is 0.276 bits per heavy atom. The third-order valence-corrected chi connectivity index (χ3v) is 36.1. The molecule has 11 aromatic carbocycles. The predicted octanol–water partition coefficient (Wildman–Crippen LogP) is 11.6. The van der Waals surface area contributed by atoms with Gasteiger partial charge in [0.25, 0.3) is 0 Å². The van der Waals surface area contributed by atoms with Crippen LogP contribution in [0.15, 0.2) is 288 Å². The van der Waals surface area contributed by atoms with Crippen LogP contribution in [0.25, 0.3) is 45.1 Å². The second kappa shape index (κ2) is 17.9. The SMILES string of the molecule is c1cc[c]([Ge]2([c]3ccccc3)[c]3ccccc3N(c3ccc(-c4nc5cc6nc(-c7ccc(N8c9cccc[c]9[Ge]([c]9ccccc9)([c]9ccccc9)[c]9ccccc98)cc7)oc6cc5o4)cc3)c3cccc[c]32)cc1. The van der Waals surface area contributed by atoms with Crippen molar-refractivity contribution in [2.75, 3.05) is 9.80 Å². The number of hydrogen-bond acceptors (Lipinski definition) is 6. The number of hydrogen-bond donors (Lipinski definition) is 0. The molecule has 2 aliphatic rings. The molecule has 13 aromatic rings. The van der Waals surface area contributed by atoms with Crippen LogP contribution in [0.4, 0.5) is 34.1 Å². The fraction of sp³-hybridized carbons (Fsp3) is 0. The van der Waals surface area contributed by atoms with Gasteiger partial charge in [-0.25, -0.2) is 0 Å². The number of oxazole rings is 2. The van der Waals surface area contributed by atoms with E-state index in [4.69, 9.17) is 18.8 Å². The Morgan fingerprint density at radius 2 is 0.553 bits per heavy atom. The number of aromatic nitrogens is 2. The summed E-state index contributed by atoms with van der Waals surface area (Å²) in [5.41, 5.74) is 11.5. The summed E-state index contributed by atoms with van der Waals surface area (Å²) < 4.78 is 24.3. The topological polar surface area (TPSA) is 58.5 Å². The zero-order chi connectivity index (χ0) is 50.2. The van der Waals surface area contributed by atoms with Crippen molar-refractivity contribution in [3.8, 4) is 22.9 Å². The molecule has 0 aliphatic carbocycles. The van der Waals surface area contributed by atoms with Gasteiger partial charge in [0.05, 0.1) is 0 Å². The summed E-state index contributed by atoms with van der Waals surface area (Å²) in [6.45, 7) is 0. The fourth-order valence-electron chi connectivity index (χ4n) is 12.5. The first-order chi connectivity index (χ1) is 37.7. The van der Waals surface area contributed by atoms with E-state index in [1.807, 2.05) is 12.1 Å². The van der Waals surface area contributed by atoms with E-state index in [1.54, 1.807) is 0 Å². The number of fused-ring (bicyclic) bond motifs is 6. The molecule has 0 saturated carbocycles. The van der Waals surface area contributed by atoms with E-state index in [0.717, 1.165) is 33.5 Å². The first kappa shape index (κ1) is 44.5. The predicted molar refractivity (Wildman–Crippen MR) is 316 cm³/mol. The Bertz CT molecular complexity index is 3790. The molecule has 0 unspecified atom stereocenters. The van der Waals surface area contributed by atoms with Crippen LogP contribution >= 0.6 is 0 Å². The van der Waals surface area contributed by atoms with Gasteiger partial charge in [-0.1, -0.05) is 0 Å². The normalized spacial score (nSPS) is 13.9. The second-order valence-corrected chi connectivity index (χ2v) is 35.3. The minimum atomic E-state index is -3.47. The van der Waals surface area contributed by atoms with Crippen molar-refractivity contribution in [2.24, 2.45) is 0 Å². The van der Waals surface area contributed by atoms with E-state index in [9.17, 15) is 0 Å². The zero-order valence-electron chi connectivity index (χ0n) is 41.2. The summed E-state index contributed by atoms with van der Waals surface area (Å²) in [4.78, 5) is 14.9. The van der Waals surface area contributed by atoms with Crippen molar-refractivity contribution < 1.29 is 8.83 Å². The molecule has 0 N–H and O–H groups in total. The third kappa shape index (κ3) is 6.73. The van der Waals surface area contributed by atoms with Gasteiger partial charge in [-0.15, -0.1) is 0 Å². The summed E-state index contributed by atoms with van der Waals surface area (Å²) in [6.07, 6.45) is 0. The zero-order valence-corrected chi connectivity index (χ0v) is 45.4. The van der Waals surface area contributed by atoms with Crippen molar-refractivity contribution in [1.29, 1.82) is 0 Å². The fourth-order valence-corrected chi connectivity index (χ4v) is 33.9. The summed E-state index contributed by atoms with van der Waals surface area (Å²) >= 11 is -6.93. The van der Waals surface area contributed by atoms with Crippen LogP contribution in [0, 0.1) is 0 Å². The molecule has 2 aliphatic heterocycles. The van der Waals surface area contributed by atoms with Crippen LogP contribution < -0.4 is 45.0 Å². The Balaban J connectivity index is 0.743. The standard InChI is InChI=1S/C68H46Ge2N4O2/c1-5-21-49(22-6-1)69(50-23-7-2-8-24-50)55-29-13-17-33-61(55)73(62-34-18-14-30-56(62)69)53-41-37-47(38-42-53)67-71-59-45-60-66(46-65(59)75-67)76-68(72-60)48-39-43-54(44-40-48)74-63-35-19-15-31-57(63)70(51-25-9-3-10-26-51,52-27-11-4-12-28-52)58-32-16-20-36-64(58)74/h1-46H. The molecule has 76 heavy (non-hydrogen) atoms. The summed E-state index contributed by atoms with van der Waals surface area (Å²) in [7, 11) is 0. The van der Waals surface area contributed by atoms with E-state index >= 15 is 0 Å². The van der Waals surface area contributed by atoms with E-state index in [2.05, 4.69) is 277 Å². The molecule has 0 radical (unpaired) electrons. The van der Waals surface area contributed by atoms with Gasteiger partial charge >= 0.3 is 449 Å². The summed E-state index contributed by atoms with van der Waals surface area (Å²) in [5.74, 6) is 1.08. The molecular weight excluding hydrogens is 1050 g/mol. The maximum absolute atomic E-state index is 6.50. The van der Waals surface area contributed by atoms with Crippen LogP contribution in [0.5, 0.6) is 0 Å². The van der Waals surface area contributed by atoms with Crippen LogP contribution in [-0.2, 0) is 0 Å². The Morgan fingerprint density at radius 3 is 0.855 bits per heavy atom. The first-order valence-electron chi connectivity index (χ1n) is 25.8. The molecule has 2 aromatic heterocycles. The number of anilines is 6. The molecule has 0 bridgehead atoms. The average molecular weight is 1100 g/mol. The number of rotatable bonds is 8. The van der Waals surface area contributed by atoms with Crippen molar-refractivity contribution >= 4 is 118 Å². The van der Waals surface area contributed by atoms with Gasteiger partial charge in [0.1, 0.15) is 0 Å². The molecule has 6 nitrogen and oxygen atoms in total. The minimum absolute atomic E-state index is 0.542. The van der Waals surface area contributed by atoms with Gasteiger partial charge in [0.2, 0.25) is 0 Å². The summed E-state index contributed by atoms with van der Waals surface area (Å²) in [5, 5.41) is 0. The van der Waals surface area contributed by atoms with Crippen LogP contribution in [-0.4, -0.2) is 36.5 Å². The molecular formula is C68H46Ge2N4O2. The quantitative estimate of drug-likeness (QED) is 0.141. The van der Waals surface area contributed by atoms with Crippen molar-refractivity contribution in [2.45, 2.75) is 0 Å². The van der Waals surface area contributed by atoms with Crippen LogP contribution in [0.1, 0.15) is 0 Å². The Labute approximate surface area is 445 Å².